The van der Waals surface area contributed by atoms with Crippen LogP contribution >= 0.6 is 50.9 Å². The first-order valence-corrected chi connectivity index (χ1v) is 12.5. The molecule has 0 aliphatic rings. The number of benzene rings is 3. The summed E-state index contributed by atoms with van der Waals surface area (Å²) in [5.41, 5.74) is 5.25. The van der Waals surface area contributed by atoms with Gasteiger partial charge in [-0.3, -0.25) is 4.79 Å². The molecule has 0 saturated heterocycles. The highest BCUT2D eigenvalue weighted by atomic mass is 79.9. The summed E-state index contributed by atoms with van der Waals surface area (Å²) in [7, 11) is 1.56. The van der Waals surface area contributed by atoms with Gasteiger partial charge in [0.1, 0.15) is 6.61 Å². The van der Waals surface area contributed by atoms with E-state index in [0.717, 1.165) is 16.7 Å². The lowest BCUT2D eigenvalue weighted by molar-refractivity contribution is -0.118. The van der Waals surface area contributed by atoms with Crippen molar-refractivity contribution in [3.63, 3.8) is 0 Å². The van der Waals surface area contributed by atoms with Crippen molar-refractivity contribution in [1.82, 2.24) is 5.43 Å². The predicted octanol–water partition coefficient (Wildman–Crippen LogP) is 6.73. The van der Waals surface area contributed by atoms with Gasteiger partial charge in [-0.25, -0.2) is 5.43 Å². The van der Waals surface area contributed by atoms with Crippen LogP contribution in [0.5, 0.6) is 11.5 Å². The largest absolute Gasteiger partial charge is 0.493 e. The molecule has 0 aliphatic carbocycles. The van der Waals surface area contributed by atoms with E-state index in [4.69, 9.17) is 32.7 Å². The summed E-state index contributed by atoms with van der Waals surface area (Å²) in [6.45, 7) is 0.297. The second-order valence-electron chi connectivity index (χ2n) is 6.83. The highest BCUT2D eigenvalue weighted by Gasteiger charge is 2.12. The Morgan fingerprint density at radius 2 is 1.91 bits per heavy atom. The summed E-state index contributed by atoms with van der Waals surface area (Å²) in [5.74, 6) is 1.91. The molecule has 0 radical (unpaired) electrons. The number of ether oxygens (including phenoxy) is 2. The zero-order valence-corrected chi connectivity index (χ0v) is 21.6. The van der Waals surface area contributed by atoms with Crippen molar-refractivity contribution < 1.29 is 14.3 Å². The summed E-state index contributed by atoms with van der Waals surface area (Å²) in [6, 6.07) is 18.7. The third-order valence-corrected chi connectivity index (χ3v) is 6.61. The van der Waals surface area contributed by atoms with Crippen LogP contribution in [-0.4, -0.2) is 25.0 Å². The standard InChI is InChI=1S/C24H21BrCl2N2O3S/c1-31-22-11-17(10-20(25)24(22)32-13-18-4-2-3-5-21(18)27)12-28-29-23(30)15-33-14-16-6-8-19(26)9-7-16/h2-12H,13-15H2,1H3,(H,29,30)/b28-12-. The third kappa shape index (κ3) is 7.96. The summed E-state index contributed by atoms with van der Waals surface area (Å²) < 4.78 is 12.1. The van der Waals surface area contributed by atoms with Crippen LogP contribution in [-0.2, 0) is 17.2 Å². The molecule has 9 heteroatoms. The van der Waals surface area contributed by atoms with Gasteiger partial charge in [0, 0.05) is 21.4 Å². The molecule has 172 valence electrons. The Kier molecular flexibility index (Phi) is 9.94. The predicted molar refractivity (Wildman–Crippen MR) is 140 cm³/mol. The van der Waals surface area contributed by atoms with Crippen LogP contribution < -0.4 is 14.9 Å². The zero-order valence-electron chi connectivity index (χ0n) is 17.7. The summed E-state index contributed by atoms with van der Waals surface area (Å²) >= 11 is 17.1. The number of carbonyl (C=O) groups is 1. The van der Waals surface area contributed by atoms with E-state index in [0.29, 0.717) is 44.1 Å². The average molecular weight is 568 g/mol. The van der Waals surface area contributed by atoms with E-state index in [-0.39, 0.29) is 5.91 Å². The van der Waals surface area contributed by atoms with E-state index in [2.05, 4.69) is 26.5 Å². The maximum absolute atomic E-state index is 12.0. The molecule has 0 saturated carbocycles. The maximum Gasteiger partial charge on any atom is 0.250 e. The van der Waals surface area contributed by atoms with Crippen molar-refractivity contribution in [3.8, 4) is 11.5 Å². The van der Waals surface area contributed by atoms with Crippen molar-refractivity contribution in [2.24, 2.45) is 5.10 Å². The zero-order chi connectivity index (χ0) is 23.6. The lowest BCUT2D eigenvalue weighted by atomic mass is 10.2. The lowest BCUT2D eigenvalue weighted by Gasteiger charge is -2.14. The Balaban J connectivity index is 1.53. The van der Waals surface area contributed by atoms with Crippen LogP contribution in [0.4, 0.5) is 0 Å². The lowest BCUT2D eigenvalue weighted by Crippen LogP contribution is -2.19. The fourth-order valence-electron chi connectivity index (χ4n) is 2.77. The Morgan fingerprint density at radius 1 is 1.15 bits per heavy atom. The van der Waals surface area contributed by atoms with Crippen molar-refractivity contribution in [3.05, 3.63) is 91.9 Å². The fraction of sp³-hybridized carbons (Fsp3) is 0.167. The first-order valence-electron chi connectivity index (χ1n) is 9.84. The molecule has 3 aromatic carbocycles. The minimum Gasteiger partial charge on any atom is -0.493 e. The minimum atomic E-state index is -0.184. The summed E-state index contributed by atoms with van der Waals surface area (Å²) in [5, 5.41) is 5.37. The highest BCUT2D eigenvalue weighted by Crippen LogP contribution is 2.37. The van der Waals surface area contributed by atoms with Gasteiger partial charge in [0.2, 0.25) is 5.91 Å². The maximum atomic E-state index is 12.0. The number of thioether (sulfide) groups is 1. The van der Waals surface area contributed by atoms with Crippen molar-refractivity contribution in [2.75, 3.05) is 12.9 Å². The van der Waals surface area contributed by atoms with Crippen molar-refractivity contribution >= 4 is 63.0 Å². The quantitative estimate of drug-likeness (QED) is 0.218. The van der Waals surface area contributed by atoms with E-state index in [1.165, 1.54) is 11.8 Å². The SMILES string of the molecule is COc1cc(/C=N\NC(=O)CSCc2ccc(Cl)cc2)cc(Br)c1OCc1ccccc1Cl. The van der Waals surface area contributed by atoms with E-state index >= 15 is 0 Å². The Labute approximate surface area is 215 Å². The topological polar surface area (TPSA) is 59.9 Å². The number of methoxy groups -OCH3 is 1. The number of hydrazone groups is 1. The third-order valence-electron chi connectivity index (χ3n) is 4.40. The molecule has 0 aliphatic heterocycles. The monoisotopic (exact) mass is 566 g/mol. The Morgan fingerprint density at radius 3 is 2.64 bits per heavy atom. The van der Waals surface area contributed by atoms with Crippen LogP contribution in [0.1, 0.15) is 16.7 Å². The number of hydrogen-bond donors (Lipinski definition) is 1. The van der Waals surface area contributed by atoms with Gasteiger partial charge in [0.15, 0.2) is 11.5 Å². The van der Waals surface area contributed by atoms with Gasteiger partial charge in [-0.05, 0) is 57.4 Å². The van der Waals surface area contributed by atoms with Gasteiger partial charge in [0.05, 0.1) is 23.5 Å². The van der Waals surface area contributed by atoms with Gasteiger partial charge in [-0.2, -0.15) is 5.10 Å². The Bertz CT molecular complexity index is 1130. The molecule has 0 bridgehead atoms. The second-order valence-corrected chi connectivity index (χ2v) is 9.51. The molecule has 1 N–H and O–H groups in total. The van der Waals surface area contributed by atoms with E-state index < -0.39 is 0 Å². The molecule has 0 heterocycles. The molecule has 0 unspecified atom stereocenters. The number of carbonyl (C=O) groups excluding carboxylic acids is 1. The van der Waals surface area contributed by atoms with E-state index in [1.54, 1.807) is 19.4 Å². The number of rotatable bonds is 10. The Hall–Kier alpha value is -2.19. The fourth-order valence-corrected chi connectivity index (χ4v) is 4.44. The molecule has 3 rings (SSSR count). The van der Waals surface area contributed by atoms with Crippen molar-refractivity contribution in [2.45, 2.75) is 12.4 Å². The van der Waals surface area contributed by atoms with Gasteiger partial charge < -0.3 is 9.47 Å². The van der Waals surface area contributed by atoms with Crippen LogP contribution in [0.25, 0.3) is 0 Å². The average Bonchev–Trinajstić information content (AvgIpc) is 2.80. The van der Waals surface area contributed by atoms with Gasteiger partial charge in [-0.1, -0.05) is 53.5 Å². The molecule has 5 nitrogen and oxygen atoms in total. The van der Waals surface area contributed by atoms with Crippen molar-refractivity contribution in [1.29, 1.82) is 0 Å². The molecule has 1 amide bonds. The molecular formula is C24H21BrCl2N2O3S. The number of halogens is 3. The number of amides is 1. The van der Waals surface area contributed by atoms with Gasteiger partial charge in [-0.15, -0.1) is 11.8 Å². The van der Waals surface area contributed by atoms with E-state index in [9.17, 15) is 4.79 Å². The normalized spacial score (nSPS) is 10.9. The van der Waals surface area contributed by atoms with E-state index in [1.807, 2.05) is 54.6 Å². The molecule has 3 aromatic rings. The molecular weight excluding hydrogens is 547 g/mol. The highest BCUT2D eigenvalue weighted by molar-refractivity contribution is 9.10. The number of hydrogen-bond acceptors (Lipinski definition) is 5. The van der Waals surface area contributed by atoms with Gasteiger partial charge >= 0.3 is 0 Å². The molecule has 0 spiro atoms. The number of nitrogens with zero attached hydrogens (tertiary/aromatic N) is 1. The molecule has 0 fully saturated rings. The van der Waals surface area contributed by atoms with Gasteiger partial charge in [0.25, 0.3) is 0 Å². The minimum absolute atomic E-state index is 0.184. The van der Waals surface area contributed by atoms with Crippen LogP contribution in [0.15, 0.2) is 70.2 Å². The molecule has 0 aromatic heterocycles. The van der Waals surface area contributed by atoms with Crippen LogP contribution in [0, 0.1) is 0 Å². The van der Waals surface area contributed by atoms with Crippen LogP contribution in [0.2, 0.25) is 10.0 Å². The molecule has 0 atom stereocenters. The van der Waals surface area contributed by atoms with Crippen LogP contribution in [0.3, 0.4) is 0 Å². The first-order chi connectivity index (χ1) is 16.0. The summed E-state index contributed by atoms with van der Waals surface area (Å²) in [6.07, 6.45) is 1.55. The first kappa shape index (κ1) is 25.4. The molecule has 33 heavy (non-hydrogen) atoms. The summed E-state index contributed by atoms with van der Waals surface area (Å²) in [4.78, 5) is 12.0. The number of nitrogens with one attached hydrogen (secondary N) is 1. The second kappa shape index (κ2) is 12.9. The smallest absolute Gasteiger partial charge is 0.250 e.